The first-order valence-corrected chi connectivity index (χ1v) is 9.48. The van der Waals surface area contributed by atoms with Gasteiger partial charge in [0.25, 0.3) is 5.91 Å². The zero-order valence-corrected chi connectivity index (χ0v) is 15.5. The lowest BCUT2D eigenvalue weighted by atomic mass is 9.98. The van der Waals surface area contributed by atoms with Crippen molar-refractivity contribution >= 4 is 5.91 Å². The molecule has 1 aromatic carbocycles. The van der Waals surface area contributed by atoms with E-state index in [1.54, 1.807) is 20.3 Å². The molecule has 0 aliphatic carbocycles. The molecule has 0 radical (unpaired) electrons. The predicted octanol–water partition coefficient (Wildman–Crippen LogP) is 3.18. The smallest absolute Gasteiger partial charge is 0.254 e. The standard InChI is InChI=1S/C20H30N2O3/c1-24-18-9-8-16(15-19(18)25-2)20(23)22-13-4-3-7-17(22)10-14-21-11-5-6-12-21/h8-9,15,17H,3-7,10-14H2,1-2H3. The van der Waals surface area contributed by atoms with Gasteiger partial charge in [-0.1, -0.05) is 0 Å². The molecule has 0 aromatic heterocycles. The van der Waals surface area contributed by atoms with Gasteiger partial charge in [0.1, 0.15) is 0 Å². The Morgan fingerprint density at radius 3 is 2.48 bits per heavy atom. The molecular weight excluding hydrogens is 316 g/mol. The van der Waals surface area contributed by atoms with Gasteiger partial charge in [-0.3, -0.25) is 4.79 Å². The number of carbonyl (C=O) groups excluding carboxylic acids is 1. The first kappa shape index (κ1) is 18.1. The van der Waals surface area contributed by atoms with E-state index < -0.39 is 0 Å². The summed E-state index contributed by atoms with van der Waals surface area (Å²) >= 11 is 0. The maximum absolute atomic E-state index is 13.1. The zero-order valence-electron chi connectivity index (χ0n) is 15.5. The van der Waals surface area contributed by atoms with E-state index in [0.29, 0.717) is 23.1 Å². The van der Waals surface area contributed by atoms with Crippen LogP contribution in [0.25, 0.3) is 0 Å². The SMILES string of the molecule is COc1ccc(C(=O)N2CCCCC2CCN2CCCC2)cc1OC. The van der Waals surface area contributed by atoms with E-state index in [1.165, 1.54) is 32.4 Å². The number of rotatable bonds is 6. The monoisotopic (exact) mass is 346 g/mol. The maximum atomic E-state index is 13.1. The summed E-state index contributed by atoms with van der Waals surface area (Å²) in [5.41, 5.74) is 0.686. The van der Waals surface area contributed by atoms with Gasteiger partial charge in [0.2, 0.25) is 0 Å². The Morgan fingerprint density at radius 2 is 1.76 bits per heavy atom. The summed E-state index contributed by atoms with van der Waals surface area (Å²) in [5, 5.41) is 0. The number of carbonyl (C=O) groups is 1. The number of methoxy groups -OCH3 is 2. The van der Waals surface area contributed by atoms with E-state index in [0.717, 1.165) is 32.4 Å². The molecule has 1 unspecified atom stereocenters. The van der Waals surface area contributed by atoms with Crippen LogP contribution in [0.1, 0.15) is 48.9 Å². The van der Waals surface area contributed by atoms with Crippen LogP contribution in [0.3, 0.4) is 0 Å². The average Bonchev–Trinajstić information content (AvgIpc) is 3.19. The molecule has 0 saturated carbocycles. The second-order valence-corrected chi connectivity index (χ2v) is 7.06. The van der Waals surface area contributed by atoms with Gasteiger partial charge in [-0.25, -0.2) is 0 Å². The van der Waals surface area contributed by atoms with Crippen LogP contribution in [0.2, 0.25) is 0 Å². The van der Waals surface area contributed by atoms with Crippen LogP contribution in [-0.2, 0) is 0 Å². The van der Waals surface area contributed by atoms with Crippen molar-refractivity contribution in [3.05, 3.63) is 23.8 Å². The molecule has 2 heterocycles. The zero-order chi connectivity index (χ0) is 17.6. The molecule has 2 aliphatic rings. The predicted molar refractivity (Wildman–Crippen MR) is 98.5 cm³/mol. The van der Waals surface area contributed by atoms with Crippen molar-refractivity contribution in [2.75, 3.05) is 40.4 Å². The molecule has 0 N–H and O–H groups in total. The fraction of sp³-hybridized carbons (Fsp3) is 0.650. The Hall–Kier alpha value is -1.75. The topological polar surface area (TPSA) is 42.0 Å². The van der Waals surface area contributed by atoms with Gasteiger partial charge in [0.15, 0.2) is 11.5 Å². The Labute approximate surface area is 150 Å². The molecular formula is C20H30N2O3. The van der Waals surface area contributed by atoms with Gasteiger partial charge in [-0.05, 0) is 69.8 Å². The highest BCUT2D eigenvalue weighted by molar-refractivity contribution is 5.95. The lowest BCUT2D eigenvalue weighted by Crippen LogP contribution is -2.45. The molecule has 2 aliphatic heterocycles. The van der Waals surface area contributed by atoms with Gasteiger partial charge < -0.3 is 19.3 Å². The minimum atomic E-state index is 0.118. The lowest BCUT2D eigenvalue weighted by Gasteiger charge is -2.37. The number of piperidine rings is 1. The summed E-state index contributed by atoms with van der Waals surface area (Å²) in [6.45, 7) is 4.41. The van der Waals surface area contributed by atoms with Crippen LogP contribution in [0, 0.1) is 0 Å². The number of likely N-dealkylation sites (tertiary alicyclic amines) is 2. The molecule has 25 heavy (non-hydrogen) atoms. The maximum Gasteiger partial charge on any atom is 0.254 e. The highest BCUT2D eigenvalue weighted by atomic mass is 16.5. The second kappa shape index (κ2) is 8.56. The minimum absolute atomic E-state index is 0.118. The summed E-state index contributed by atoms with van der Waals surface area (Å²) < 4.78 is 10.6. The molecule has 2 fully saturated rings. The third-order valence-electron chi connectivity index (χ3n) is 5.50. The molecule has 1 atom stereocenters. The average molecular weight is 346 g/mol. The molecule has 1 aromatic rings. The lowest BCUT2D eigenvalue weighted by molar-refractivity contribution is 0.0587. The first-order chi connectivity index (χ1) is 12.2. The molecule has 2 saturated heterocycles. The third-order valence-corrected chi connectivity index (χ3v) is 5.50. The second-order valence-electron chi connectivity index (χ2n) is 7.06. The van der Waals surface area contributed by atoms with E-state index in [9.17, 15) is 4.79 Å². The van der Waals surface area contributed by atoms with Crippen LogP contribution < -0.4 is 9.47 Å². The summed E-state index contributed by atoms with van der Waals surface area (Å²) in [7, 11) is 3.21. The van der Waals surface area contributed by atoms with Gasteiger partial charge in [-0.2, -0.15) is 0 Å². The van der Waals surface area contributed by atoms with Gasteiger partial charge in [0.05, 0.1) is 14.2 Å². The van der Waals surface area contributed by atoms with E-state index in [2.05, 4.69) is 9.80 Å². The van der Waals surface area contributed by atoms with E-state index in [4.69, 9.17) is 9.47 Å². The Balaban J connectivity index is 1.69. The number of hydrogen-bond acceptors (Lipinski definition) is 4. The quantitative estimate of drug-likeness (QED) is 0.793. The number of hydrogen-bond donors (Lipinski definition) is 0. The van der Waals surface area contributed by atoms with Crippen molar-refractivity contribution in [3.63, 3.8) is 0 Å². The Morgan fingerprint density at radius 1 is 1.04 bits per heavy atom. The minimum Gasteiger partial charge on any atom is -0.493 e. The summed E-state index contributed by atoms with van der Waals surface area (Å²) in [6.07, 6.45) is 7.16. The van der Waals surface area contributed by atoms with Crippen molar-refractivity contribution in [3.8, 4) is 11.5 Å². The normalized spacial score (nSPS) is 21.4. The van der Waals surface area contributed by atoms with Crippen LogP contribution >= 0.6 is 0 Å². The molecule has 1 amide bonds. The number of benzene rings is 1. The van der Waals surface area contributed by atoms with Crippen molar-refractivity contribution in [2.45, 2.75) is 44.6 Å². The van der Waals surface area contributed by atoms with Crippen molar-refractivity contribution < 1.29 is 14.3 Å². The van der Waals surface area contributed by atoms with Crippen LogP contribution in [0.4, 0.5) is 0 Å². The first-order valence-electron chi connectivity index (χ1n) is 9.48. The van der Waals surface area contributed by atoms with Crippen LogP contribution in [0.15, 0.2) is 18.2 Å². The summed E-state index contributed by atoms with van der Waals surface area (Å²) in [6, 6.07) is 5.81. The molecule has 5 heteroatoms. The summed E-state index contributed by atoms with van der Waals surface area (Å²) in [5.74, 6) is 1.38. The third kappa shape index (κ3) is 4.27. The molecule has 0 bridgehead atoms. The van der Waals surface area contributed by atoms with Crippen LogP contribution in [0.5, 0.6) is 11.5 Å². The van der Waals surface area contributed by atoms with E-state index >= 15 is 0 Å². The highest BCUT2D eigenvalue weighted by Crippen LogP contribution is 2.29. The van der Waals surface area contributed by atoms with Gasteiger partial charge >= 0.3 is 0 Å². The summed E-state index contributed by atoms with van der Waals surface area (Å²) in [4.78, 5) is 17.7. The van der Waals surface area contributed by atoms with Crippen molar-refractivity contribution in [1.29, 1.82) is 0 Å². The fourth-order valence-electron chi connectivity index (χ4n) is 4.04. The number of ether oxygens (including phenoxy) is 2. The molecule has 3 rings (SSSR count). The van der Waals surface area contributed by atoms with Crippen molar-refractivity contribution in [1.82, 2.24) is 9.80 Å². The number of amides is 1. The fourth-order valence-corrected chi connectivity index (χ4v) is 4.04. The largest absolute Gasteiger partial charge is 0.493 e. The highest BCUT2D eigenvalue weighted by Gasteiger charge is 2.28. The van der Waals surface area contributed by atoms with E-state index in [1.807, 2.05) is 12.1 Å². The molecule has 5 nitrogen and oxygen atoms in total. The van der Waals surface area contributed by atoms with Crippen molar-refractivity contribution in [2.24, 2.45) is 0 Å². The molecule has 138 valence electrons. The Kier molecular flexibility index (Phi) is 6.19. The molecule has 0 spiro atoms. The number of nitrogens with zero attached hydrogens (tertiary/aromatic N) is 2. The van der Waals surface area contributed by atoms with Gasteiger partial charge in [-0.15, -0.1) is 0 Å². The van der Waals surface area contributed by atoms with E-state index in [-0.39, 0.29) is 5.91 Å². The van der Waals surface area contributed by atoms with Gasteiger partial charge in [0, 0.05) is 24.7 Å². The van der Waals surface area contributed by atoms with Crippen LogP contribution in [-0.4, -0.2) is 62.1 Å². The Bertz CT molecular complexity index is 584.